The summed E-state index contributed by atoms with van der Waals surface area (Å²) in [5.74, 6) is -0.262. The summed E-state index contributed by atoms with van der Waals surface area (Å²) < 4.78 is 6.87. The molecule has 1 unspecified atom stereocenters. The quantitative estimate of drug-likeness (QED) is 0.677. The molecule has 1 aliphatic heterocycles. The average molecular weight is 275 g/mol. The first-order chi connectivity index (χ1) is 9.22. The molecule has 0 spiro atoms. The molecule has 0 aromatic heterocycles. The van der Waals surface area contributed by atoms with E-state index in [1.807, 2.05) is 52.9 Å². The van der Waals surface area contributed by atoms with Crippen molar-refractivity contribution >= 4 is 24.9 Å². The maximum atomic E-state index is 11.8. The fourth-order valence-corrected chi connectivity index (χ4v) is 2.26. The number of carbonyl (C=O) groups excluding carboxylic acids is 1. The van der Waals surface area contributed by atoms with Gasteiger partial charge in [0.05, 0.1) is 18.2 Å². The summed E-state index contributed by atoms with van der Waals surface area (Å²) in [5.41, 5.74) is 1.75. The van der Waals surface area contributed by atoms with Crippen molar-refractivity contribution in [3.05, 3.63) is 53.6 Å². The standard InChI is InChI=1S/C15H17NO2S/c1-2-18-15(17)13-10-11-16(19)14(13)9-8-12-6-4-3-5-7-12/h3-10,14,19H,2,11H2,1H3/b9-8+. The summed E-state index contributed by atoms with van der Waals surface area (Å²) in [4.78, 5) is 11.8. The van der Waals surface area contributed by atoms with Gasteiger partial charge in [-0.15, -0.1) is 0 Å². The van der Waals surface area contributed by atoms with Crippen LogP contribution in [0.2, 0.25) is 0 Å². The van der Waals surface area contributed by atoms with Crippen molar-refractivity contribution < 1.29 is 9.53 Å². The second-order valence-electron chi connectivity index (χ2n) is 4.22. The Morgan fingerprint density at radius 1 is 1.47 bits per heavy atom. The second kappa shape index (κ2) is 6.59. The minimum atomic E-state index is -0.262. The third-order valence-corrected chi connectivity index (χ3v) is 3.33. The van der Waals surface area contributed by atoms with Gasteiger partial charge in [0.25, 0.3) is 0 Å². The number of nitrogens with zero attached hydrogens (tertiary/aromatic N) is 1. The Hall–Kier alpha value is -1.52. The van der Waals surface area contributed by atoms with Crippen LogP contribution in [0.15, 0.2) is 48.1 Å². The third-order valence-electron chi connectivity index (χ3n) is 2.92. The van der Waals surface area contributed by atoms with Crippen LogP contribution in [0, 0.1) is 0 Å². The molecule has 1 aromatic carbocycles. The smallest absolute Gasteiger partial charge is 0.335 e. The van der Waals surface area contributed by atoms with Crippen LogP contribution in [-0.4, -0.2) is 29.5 Å². The van der Waals surface area contributed by atoms with E-state index in [2.05, 4.69) is 12.8 Å². The van der Waals surface area contributed by atoms with Gasteiger partial charge in [-0.25, -0.2) is 9.10 Å². The van der Waals surface area contributed by atoms with Gasteiger partial charge in [0.2, 0.25) is 0 Å². The van der Waals surface area contributed by atoms with Crippen LogP contribution >= 0.6 is 12.8 Å². The molecule has 0 saturated heterocycles. The molecular weight excluding hydrogens is 258 g/mol. The van der Waals surface area contributed by atoms with Crippen molar-refractivity contribution in [1.29, 1.82) is 0 Å². The number of benzene rings is 1. The molecule has 0 aliphatic carbocycles. The van der Waals surface area contributed by atoms with Gasteiger partial charge >= 0.3 is 5.97 Å². The summed E-state index contributed by atoms with van der Waals surface area (Å²) in [7, 11) is 0. The Morgan fingerprint density at radius 3 is 2.89 bits per heavy atom. The Balaban J connectivity index is 2.11. The molecule has 0 N–H and O–H groups in total. The van der Waals surface area contributed by atoms with Gasteiger partial charge in [-0.1, -0.05) is 61.4 Å². The molecule has 0 saturated carbocycles. The minimum absolute atomic E-state index is 0.136. The van der Waals surface area contributed by atoms with E-state index in [4.69, 9.17) is 4.74 Å². The molecule has 0 radical (unpaired) electrons. The van der Waals surface area contributed by atoms with Crippen LogP contribution in [0.5, 0.6) is 0 Å². The van der Waals surface area contributed by atoms with E-state index in [1.54, 1.807) is 6.92 Å². The molecule has 100 valence electrons. The highest BCUT2D eigenvalue weighted by Gasteiger charge is 2.28. The lowest BCUT2D eigenvalue weighted by atomic mass is 10.1. The lowest BCUT2D eigenvalue weighted by Gasteiger charge is -2.17. The fourth-order valence-electron chi connectivity index (χ4n) is 1.97. The molecule has 1 aliphatic rings. The highest BCUT2D eigenvalue weighted by molar-refractivity contribution is 7.77. The number of hydrogen-bond acceptors (Lipinski definition) is 4. The average Bonchev–Trinajstić information content (AvgIpc) is 2.79. The normalized spacial score (nSPS) is 19.7. The van der Waals surface area contributed by atoms with Crippen LogP contribution in [0.25, 0.3) is 6.08 Å². The minimum Gasteiger partial charge on any atom is -0.463 e. The van der Waals surface area contributed by atoms with E-state index < -0.39 is 0 Å². The van der Waals surface area contributed by atoms with Crippen molar-refractivity contribution in [3.8, 4) is 0 Å². The lowest BCUT2D eigenvalue weighted by Crippen LogP contribution is -2.25. The second-order valence-corrected chi connectivity index (χ2v) is 4.73. The van der Waals surface area contributed by atoms with Crippen molar-refractivity contribution in [2.75, 3.05) is 13.2 Å². The van der Waals surface area contributed by atoms with Gasteiger partial charge in [-0.2, -0.15) is 0 Å². The maximum Gasteiger partial charge on any atom is 0.335 e. The predicted molar refractivity (Wildman–Crippen MR) is 79.7 cm³/mol. The number of esters is 1. The number of hydrogen-bond donors (Lipinski definition) is 1. The van der Waals surface area contributed by atoms with Crippen LogP contribution < -0.4 is 0 Å². The highest BCUT2D eigenvalue weighted by Crippen LogP contribution is 2.23. The molecule has 0 bridgehead atoms. The summed E-state index contributed by atoms with van der Waals surface area (Å²) in [6.07, 6.45) is 5.83. The lowest BCUT2D eigenvalue weighted by molar-refractivity contribution is -0.138. The zero-order chi connectivity index (χ0) is 13.7. The monoisotopic (exact) mass is 275 g/mol. The van der Waals surface area contributed by atoms with Gasteiger partial charge in [0.15, 0.2) is 0 Å². The largest absolute Gasteiger partial charge is 0.463 e. The molecule has 3 nitrogen and oxygen atoms in total. The maximum absolute atomic E-state index is 11.8. The molecule has 1 aromatic rings. The molecule has 0 fully saturated rings. The van der Waals surface area contributed by atoms with E-state index in [9.17, 15) is 4.79 Å². The summed E-state index contributed by atoms with van der Waals surface area (Å²) in [6, 6.07) is 9.83. The fraction of sp³-hybridized carbons (Fsp3) is 0.267. The number of rotatable bonds is 4. The van der Waals surface area contributed by atoms with Gasteiger partial charge in [-0.3, -0.25) is 0 Å². The predicted octanol–water partition coefficient (Wildman–Crippen LogP) is 2.72. The van der Waals surface area contributed by atoms with E-state index in [1.165, 1.54) is 0 Å². The van der Waals surface area contributed by atoms with Crippen LogP contribution in [0.3, 0.4) is 0 Å². The summed E-state index contributed by atoms with van der Waals surface area (Å²) in [6.45, 7) is 2.83. The first kappa shape index (κ1) is 13.9. The van der Waals surface area contributed by atoms with Gasteiger partial charge < -0.3 is 4.74 Å². The summed E-state index contributed by atoms with van der Waals surface area (Å²) in [5, 5.41) is 0. The van der Waals surface area contributed by atoms with Crippen molar-refractivity contribution in [1.82, 2.24) is 4.31 Å². The topological polar surface area (TPSA) is 29.5 Å². The van der Waals surface area contributed by atoms with E-state index >= 15 is 0 Å². The summed E-state index contributed by atoms with van der Waals surface area (Å²) >= 11 is 4.38. The first-order valence-corrected chi connectivity index (χ1v) is 6.68. The Labute approximate surface area is 119 Å². The zero-order valence-corrected chi connectivity index (χ0v) is 11.7. The van der Waals surface area contributed by atoms with E-state index in [-0.39, 0.29) is 12.0 Å². The highest BCUT2D eigenvalue weighted by atomic mass is 32.1. The molecular formula is C15H17NO2S. The molecule has 1 atom stereocenters. The third kappa shape index (κ3) is 3.49. The van der Waals surface area contributed by atoms with Crippen molar-refractivity contribution in [3.63, 3.8) is 0 Å². The van der Waals surface area contributed by atoms with Gasteiger partial charge in [0.1, 0.15) is 0 Å². The molecule has 2 rings (SSSR count). The van der Waals surface area contributed by atoms with E-state index in [0.29, 0.717) is 18.7 Å². The molecule has 1 heterocycles. The SMILES string of the molecule is CCOC(=O)C1=CCN(S)C1/C=C/c1ccccc1. The van der Waals surface area contributed by atoms with E-state index in [0.717, 1.165) is 5.56 Å². The van der Waals surface area contributed by atoms with Gasteiger partial charge in [0, 0.05) is 6.54 Å². The first-order valence-electron chi connectivity index (χ1n) is 6.28. The molecule has 19 heavy (non-hydrogen) atoms. The van der Waals surface area contributed by atoms with Crippen molar-refractivity contribution in [2.45, 2.75) is 13.0 Å². The number of thiol groups is 1. The Morgan fingerprint density at radius 2 is 2.21 bits per heavy atom. The van der Waals surface area contributed by atoms with Crippen LogP contribution in [0.4, 0.5) is 0 Å². The molecule has 4 heteroatoms. The zero-order valence-electron chi connectivity index (χ0n) is 10.8. The number of ether oxygens (including phenoxy) is 1. The van der Waals surface area contributed by atoms with Crippen LogP contribution in [-0.2, 0) is 9.53 Å². The van der Waals surface area contributed by atoms with Gasteiger partial charge in [-0.05, 0) is 12.5 Å². The number of carbonyl (C=O) groups is 1. The van der Waals surface area contributed by atoms with Crippen LogP contribution in [0.1, 0.15) is 12.5 Å². The molecule has 0 amide bonds. The Bertz CT molecular complexity index is 496. The Kier molecular flexibility index (Phi) is 4.82. The van der Waals surface area contributed by atoms with Crippen molar-refractivity contribution in [2.24, 2.45) is 0 Å².